The standard InChI is InChI=1S/C16H17N3/c1-11-7-6-10-14-15(11)19(16(17)18-14)12(2)13-8-4-3-5-9-13/h3-10,12H,1-2H3,(H2,17,18). The Morgan fingerprint density at radius 3 is 2.53 bits per heavy atom. The number of aryl methyl sites for hydroxylation is 1. The zero-order chi connectivity index (χ0) is 13.4. The van der Waals surface area contributed by atoms with E-state index in [0.29, 0.717) is 5.95 Å². The summed E-state index contributed by atoms with van der Waals surface area (Å²) in [5.74, 6) is 0.570. The SMILES string of the molecule is Cc1cccc2nc(N)n(C(C)c3ccccc3)c12. The fourth-order valence-electron chi connectivity index (χ4n) is 2.61. The molecule has 0 aliphatic rings. The Morgan fingerprint density at radius 1 is 1.05 bits per heavy atom. The van der Waals surface area contributed by atoms with Gasteiger partial charge in [-0.2, -0.15) is 0 Å². The lowest BCUT2D eigenvalue weighted by atomic mass is 10.1. The molecule has 2 aromatic carbocycles. The summed E-state index contributed by atoms with van der Waals surface area (Å²) in [4.78, 5) is 4.46. The Hall–Kier alpha value is -2.29. The van der Waals surface area contributed by atoms with Crippen LogP contribution in [-0.4, -0.2) is 9.55 Å². The van der Waals surface area contributed by atoms with Crippen molar-refractivity contribution in [3.63, 3.8) is 0 Å². The number of hydrogen-bond donors (Lipinski definition) is 1. The number of nitrogen functional groups attached to an aromatic ring is 1. The Morgan fingerprint density at radius 2 is 1.79 bits per heavy atom. The van der Waals surface area contributed by atoms with E-state index in [1.165, 1.54) is 11.1 Å². The van der Waals surface area contributed by atoms with Crippen molar-refractivity contribution >= 4 is 17.0 Å². The van der Waals surface area contributed by atoms with Crippen LogP contribution in [0.15, 0.2) is 48.5 Å². The van der Waals surface area contributed by atoms with Gasteiger partial charge >= 0.3 is 0 Å². The zero-order valence-corrected chi connectivity index (χ0v) is 11.2. The van der Waals surface area contributed by atoms with Gasteiger partial charge in [-0.15, -0.1) is 0 Å². The average molecular weight is 251 g/mol. The van der Waals surface area contributed by atoms with Crippen LogP contribution in [-0.2, 0) is 0 Å². The highest BCUT2D eigenvalue weighted by atomic mass is 15.2. The van der Waals surface area contributed by atoms with E-state index in [9.17, 15) is 0 Å². The van der Waals surface area contributed by atoms with Crippen molar-refractivity contribution in [2.75, 3.05) is 5.73 Å². The molecule has 0 saturated carbocycles. The maximum Gasteiger partial charge on any atom is 0.201 e. The Balaban J connectivity index is 2.23. The summed E-state index contributed by atoms with van der Waals surface area (Å²) in [6, 6.07) is 16.7. The lowest BCUT2D eigenvalue weighted by Gasteiger charge is -2.17. The van der Waals surface area contributed by atoms with Crippen LogP contribution in [0.25, 0.3) is 11.0 Å². The largest absolute Gasteiger partial charge is 0.369 e. The predicted molar refractivity (Wildman–Crippen MR) is 79.1 cm³/mol. The summed E-state index contributed by atoms with van der Waals surface area (Å²) in [5, 5.41) is 0. The summed E-state index contributed by atoms with van der Waals surface area (Å²) in [6.45, 7) is 4.25. The van der Waals surface area contributed by atoms with Crippen LogP contribution in [0, 0.1) is 6.92 Å². The van der Waals surface area contributed by atoms with Crippen LogP contribution >= 0.6 is 0 Å². The third-order valence-electron chi connectivity index (χ3n) is 3.61. The van der Waals surface area contributed by atoms with Crippen LogP contribution < -0.4 is 5.73 Å². The van der Waals surface area contributed by atoms with E-state index >= 15 is 0 Å². The van der Waals surface area contributed by atoms with Crippen molar-refractivity contribution in [2.24, 2.45) is 0 Å². The molecule has 1 aromatic heterocycles. The number of aromatic nitrogens is 2. The van der Waals surface area contributed by atoms with Gasteiger partial charge in [-0.25, -0.2) is 4.98 Å². The number of nitrogens with zero attached hydrogens (tertiary/aromatic N) is 2. The van der Waals surface area contributed by atoms with Crippen LogP contribution in [0.3, 0.4) is 0 Å². The second-order valence-corrected chi connectivity index (χ2v) is 4.87. The van der Waals surface area contributed by atoms with Crippen LogP contribution in [0.1, 0.15) is 24.1 Å². The normalized spacial score (nSPS) is 12.7. The molecule has 1 unspecified atom stereocenters. The molecule has 0 spiro atoms. The number of benzene rings is 2. The molecule has 0 bridgehead atoms. The minimum Gasteiger partial charge on any atom is -0.369 e. The molecule has 3 rings (SSSR count). The highest BCUT2D eigenvalue weighted by Crippen LogP contribution is 2.28. The molecule has 3 aromatic rings. The van der Waals surface area contributed by atoms with E-state index in [0.717, 1.165) is 11.0 Å². The van der Waals surface area contributed by atoms with E-state index in [-0.39, 0.29) is 6.04 Å². The number of fused-ring (bicyclic) bond motifs is 1. The maximum atomic E-state index is 6.11. The average Bonchev–Trinajstić information content (AvgIpc) is 2.76. The Kier molecular flexibility index (Phi) is 2.75. The smallest absolute Gasteiger partial charge is 0.201 e. The fourth-order valence-corrected chi connectivity index (χ4v) is 2.61. The first-order valence-corrected chi connectivity index (χ1v) is 6.46. The third-order valence-corrected chi connectivity index (χ3v) is 3.61. The van der Waals surface area contributed by atoms with Crippen LogP contribution in [0.5, 0.6) is 0 Å². The molecule has 0 fully saturated rings. The number of rotatable bonds is 2. The summed E-state index contributed by atoms with van der Waals surface area (Å²) < 4.78 is 2.11. The molecular formula is C16H17N3. The van der Waals surface area contributed by atoms with Crippen LogP contribution in [0.2, 0.25) is 0 Å². The van der Waals surface area contributed by atoms with Crippen molar-refractivity contribution in [1.29, 1.82) is 0 Å². The van der Waals surface area contributed by atoms with E-state index in [2.05, 4.69) is 41.6 Å². The van der Waals surface area contributed by atoms with Gasteiger partial charge in [0, 0.05) is 0 Å². The van der Waals surface area contributed by atoms with Gasteiger partial charge in [0.1, 0.15) is 0 Å². The molecule has 3 heteroatoms. The van der Waals surface area contributed by atoms with E-state index in [1.807, 2.05) is 30.3 Å². The maximum absolute atomic E-state index is 6.11. The minimum atomic E-state index is 0.173. The summed E-state index contributed by atoms with van der Waals surface area (Å²) >= 11 is 0. The topological polar surface area (TPSA) is 43.8 Å². The van der Waals surface area contributed by atoms with Gasteiger partial charge < -0.3 is 10.3 Å². The molecule has 2 N–H and O–H groups in total. The number of imidazole rings is 1. The summed E-state index contributed by atoms with van der Waals surface area (Å²) in [6.07, 6.45) is 0. The highest BCUT2D eigenvalue weighted by Gasteiger charge is 2.16. The zero-order valence-electron chi connectivity index (χ0n) is 11.2. The molecule has 0 aliphatic carbocycles. The Bertz CT molecular complexity index is 713. The molecule has 19 heavy (non-hydrogen) atoms. The van der Waals surface area contributed by atoms with Gasteiger partial charge in [-0.05, 0) is 31.0 Å². The van der Waals surface area contributed by atoms with E-state index in [1.54, 1.807) is 0 Å². The molecule has 1 heterocycles. The van der Waals surface area contributed by atoms with Crippen molar-refractivity contribution < 1.29 is 0 Å². The molecule has 0 saturated heterocycles. The first-order valence-electron chi connectivity index (χ1n) is 6.46. The van der Waals surface area contributed by atoms with Gasteiger partial charge in [0.05, 0.1) is 17.1 Å². The van der Waals surface area contributed by atoms with E-state index < -0.39 is 0 Å². The number of nitrogens with two attached hydrogens (primary N) is 1. The first-order chi connectivity index (χ1) is 9.18. The molecule has 1 atom stereocenters. The second-order valence-electron chi connectivity index (χ2n) is 4.87. The Labute approximate surface area is 112 Å². The van der Waals surface area contributed by atoms with Gasteiger partial charge in [0.25, 0.3) is 0 Å². The first kappa shape index (κ1) is 11.8. The molecule has 0 radical (unpaired) electrons. The van der Waals surface area contributed by atoms with Crippen molar-refractivity contribution in [1.82, 2.24) is 9.55 Å². The lowest BCUT2D eigenvalue weighted by molar-refractivity contribution is 0.667. The third kappa shape index (κ3) is 1.87. The monoisotopic (exact) mass is 251 g/mol. The second kappa shape index (κ2) is 4.43. The summed E-state index contributed by atoms with van der Waals surface area (Å²) in [5.41, 5.74) is 10.6. The van der Waals surface area contributed by atoms with Crippen molar-refractivity contribution in [3.05, 3.63) is 59.7 Å². The molecule has 96 valence electrons. The van der Waals surface area contributed by atoms with Gasteiger partial charge in [-0.1, -0.05) is 42.5 Å². The summed E-state index contributed by atoms with van der Waals surface area (Å²) in [7, 11) is 0. The van der Waals surface area contributed by atoms with Crippen LogP contribution in [0.4, 0.5) is 5.95 Å². The molecule has 0 aliphatic heterocycles. The molecule has 0 amide bonds. The van der Waals surface area contributed by atoms with Gasteiger partial charge in [0.2, 0.25) is 5.95 Å². The quantitative estimate of drug-likeness (QED) is 0.757. The van der Waals surface area contributed by atoms with E-state index in [4.69, 9.17) is 5.73 Å². The number of para-hydroxylation sites is 1. The lowest BCUT2D eigenvalue weighted by Crippen LogP contribution is -2.10. The number of hydrogen-bond acceptors (Lipinski definition) is 2. The molecule has 3 nitrogen and oxygen atoms in total. The van der Waals surface area contributed by atoms with Gasteiger partial charge in [0.15, 0.2) is 0 Å². The highest BCUT2D eigenvalue weighted by molar-refractivity contribution is 5.82. The number of anilines is 1. The van der Waals surface area contributed by atoms with Crippen molar-refractivity contribution in [3.8, 4) is 0 Å². The van der Waals surface area contributed by atoms with Crippen molar-refractivity contribution in [2.45, 2.75) is 19.9 Å². The molecular weight excluding hydrogens is 234 g/mol. The predicted octanol–water partition coefficient (Wildman–Crippen LogP) is 3.54. The fraction of sp³-hybridized carbons (Fsp3) is 0.188. The minimum absolute atomic E-state index is 0.173. The van der Waals surface area contributed by atoms with Gasteiger partial charge in [-0.3, -0.25) is 0 Å².